The van der Waals surface area contributed by atoms with E-state index < -0.39 is 0 Å². The summed E-state index contributed by atoms with van der Waals surface area (Å²) in [5.74, 6) is 0.675. The summed E-state index contributed by atoms with van der Waals surface area (Å²) in [7, 11) is 0. The van der Waals surface area contributed by atoms with Crippen LogP contribution in [0.2, 0.25) is 0 Å². The number of hydrogen-bond acceptors (Lipinski definition) is 1. The quantitative estimate of drug-likeness (QED) is 0.555. The molecule has 0 aromatic heterocycles. The molecule has 0 spiro atoms. The van der Waals surface area contributed by atoms with Crippen LogP contribution in [0.25, 0.3) is 0 Å². The van der Waals surface area contributed by atoms with E-state index >= 15 is 0 Å². The van der Waals surface area contributed by atoms with Gasteiger partial charge in [-0.1, -0.05) is 18.2 Å². The third-order valence-corrected chi connectivity index (χ3v) is 1.01. The first-order chi connectivity index (χ1) is 3.93. The van der Waals surface area contributed by atoms with Gasteiger partial charge in [-0.15, -0.1) is 0 Å². The molecule has 1 nitrogen and oxygen atoms in total. The van der Waals surface area contributed by atoms with Crippen LogP contribution in [0, 0.1) is 0 Å². The summed E-state index contributed by atoms with van der Waals surface area (Å²) in [6.07, 6.45) is 0. The molecule has 46 valence electrons. The minimum atomic E-state index is 0. The van der Waals surface area contributed by atoms with Crippen molar-refractivity contribution in [3.05, 3.63) is 30.3 Å². The van der Waals surface area contributed by atoms with Crippen LogP contribution in [0.15, 0.2) is 30.3 Å². The van der Waals surface area contributed by atoms with E-state index in [0.717, 1.165) is 0 Å². The minimum Gasteiger partial charge on any atom is -0.386 e. The molecule has 0 amide bonds. The van der Waals surface area contributed by atoms with Gasteiger partial charge in [-0.3, -0.25) is 0 Å². The zero-order valence-electron chi connectivity index (χ0n) is 4.17. The number of halogens is 1. The normalized spacial score (nSPS) is 7.67. The summed E-state index contributed by atoms with van der Waals surface area (Å²) >= 11 is 5.03. The van der Waals surface area contributed by atoms with Crippen LogP contribution < -0.4 is 4.29 Å². The molecule has 0 radical (unpaired) electrons. The van der Waals surface area contributed by atoms with Gasteiger partial charge in [0.1, 0.15) is 17.6 Å². The smallest absolute Gasteiger partial charge is 0.316 e. The van der Waals surface area contributed by atoms with Crippen LogP contribution in [-0.4, -0.2) is 23.1 Å². The zero-order valence-corrected chi connectivity index (χ0v) is 4.93. The Labute approximate surface area is 75.3 Å². The molecule has 0 aliphatic carbocycles. The molecule has 0 saturated heterocycles. The van der Waals surface area contributed by atoms with Gasteiger partial charge in [0.15, 0.2) is 0 Å². The number of benzene rings is 1. The highest BCUT2D eigenvalue weighted by Gasteiger charge is 1.82. The second-order valence-corrected chi connectivity index (χ2v) is 1.54. The van der Waals surface area contributed by atoms with Crippen molar-refractivity contribution in [2.24, 2.45) is 0 Å². The Kier molecular flexibility index (Phi) is 4.95. The molecule has 9 heavy (non-hydrogen) atoms. The van der Waals surface area contributed by atoms with E-state index in [1.807, 2.05) is 18.2 Å². The van der Waals surface area contributed by atoms with Crippen molar-refractivity contribution in [1.29, 1.82) is 0 Å². The first kappa shape index (κ1) is 9.08. The maximum atomic E-state index is 5.03. The number of para-hydroxylation sites is 1. The van der Waals surface area contributed by atoms with Crippen molar-refractivity contribution in [3.8, 4) is 5.75 Å². The Morgan fingerprint density at radius 3 is 2.00 bits per heavy atom. The van der Waals surface area contributed by atoms with Gasteiger partial charge < -0.3 is 4.29 Å². The van der Waals surface area contributed by atoms with Crippen molar-refractivity contribution in [2.45, 2.75) is 0 Å². The van der Waals surface area contributed by atoms with Crippen LogP contribution in [0.3, 0.4) is 0 Å². The van der Waals surface area contributed by atoms with E-state index in [0.29, 0.717) is 5.75 Å². The molecule has 0 aliphatic heterocycles. The van der Waals surface area contributed by atoms with Crippen molar-refractivity contribution < 1.29 is 4.29 Å². The molecule has 0 aliphatic rings. The topological polar surface area (TPSA) is 9.23 Å². The summed E-state index contributed by atoms with van der Waals surface area (Å²) in [5, 5.41) is 0. The second-order valence-electron chi connectivity index (χ2n) is 1.39. The summed E-state index contributed by atoms with van der Waals surface area (Å²) in [6.45, 7) is 0. The highest BCUT2D eigenvalue weighted by atomic mass is 35.5. The molecule has 0 bridgehead atoms. The average molecular weight is 155 g/mol. The highest BCUT2D eigenvalue weighted by Crippen LogP contribution is 2.08. The summed E-state index contributed by atoms with van der Waals surface area (Å²) < 4.78 is 4.39. The van der Waals surface area contributed by atoms with Crippen LogP contribution in [0.5, 0.6) is 5.75 Å². The van der Waals surface area contributed by atoms with Crippen molar-refractivity contribution >= 4 is 34.9 Å². The van der Waals surface area contributed by atoms with Crippen molar-refractivity contribution in [1.82, 2.24) is 0 Å². The monoisotopic (exact) mass is 154 g/mol. The van der Waals surface area contributed by atoms with Crippen LogP contribution in [0.4, 0.5) is 0 Å². The third-order valence-electron chi connectivity index (χ3n) is 0.832. The van der Waals surface area contributed by atoms with E-state index in [1.54, 1.807) is 12.1 Å². The number of hydrogen-bond donors (Lipinski definition) is 0. The van der Waals surface area contributed by atoms with Crippen LogP contribution in [-0.2, 0) is 0 Å². The second kappa shape index (κ2) is 4.91. The van der Waals surface area contributed by atoms with Gasteiger partial charge in [-0.2, -0.15) is 0 Å². The molecule has 0 unspecified atom stereocenters. The molecule has 0 heterocycles. The first-order valence-electron chi connectivity index (χ1n) is 2.27. The fraction of sp³-hybridized carbons (Fsp3) is 0. The maximum absolute atomic E-state index is 5.03. The lowest BCUT2D eigenvalue weighted by Gasteiger charge is -1.89. The van der Waals surface area contributed by atoms with Gasteiger partial charge >= 0.3 is 23.1 Å². The average Bonchev–Trinajstić information content (AvgIpc) is 1.90. The molecule has 1 aromatic rings. The summed E-state index contributed by atoms with van der Waals surface area (Å²) in [6, 6.07) is 9.19. The summed E-state index contributed by atoms with van der Waals surface area (Å²) in [4.78, 5) is 0. The van der Waals surface area contributed by atoms with E-state index in [1.165, 1.54) is 0 Å². The van der Waals surface area contributed by atoms with Gasteiger partial charge in [0, 0.05) is 0 Å². The molecule has 0 fully saturated rings. The minimum absolute atomic E-state index is 0. The highest BCUT2D eigenvalue weighted by molar-refractivity contribution is 6.09. The SMILES string of the molecule is ClOc1ccccc1.[MgH2]. The molecule has 3 heteroatoms. The molecule has 0 N–H and O–H groups in total. The van der Waals surface area contributed by atoms with Gasteiger partial charge in [-0.25, -0.2) is 0 Å². The molecular formula is C6H7ClMgO. The van der Waals surface area contributed by atoms with E-state index in [9.17, 15) is 0 Å². The molecule has 0 saturated carbocycles. The Balaban J connectivity index is 0.000000640. The number of rotatable bonds is 1. The predicted octanol–water partition coefficient (Wildman–Crippen LogP) is 1.30. The first-order valence-corrected chi connectivity index (χ1v) is 2.58. The Hall–Kier alpha value is 0.0762. The van der Waals surface area contributed by atoms with Gasteiger partial charge in [0.25, 0.3) is 0 Å². The predicted molar refractivity (Wildman–Crippen MR) is 41.5 cm³/mol. The van der Waals surface area contributed by atoms with E-state index in [4.69, 9.17) is 11.9 Å². The lowest BCUT2D eigenvalue weighted by molar-refractivity contribution is 0.619. The van der Waals surface area contributed by atoms with Crippen LogP contribution >= 0.6 is 11.9 Å². The maximum Gasteiger partial charge on any atom is 0.316 e. The van der Waals surface area contributed by atoms with E-state index in [-0.39, 0.29) is 23.1 Å². The van der Waals surface area contributed by atoms with Gasteiger partial charge in [0.05, 0.1) is 0 Å². The Morgan fingerprint density at radius 1 is 1.11 bits per heavy atom. The summed E-state index contributed by atoms with van der Waals surface area (Å²) in [5.41, 5.74) is 0. The standard InChI is InChI=1S/C6H5ClO.Mg.2H/c7-8-6-4-2-1-3-5-6;;;/h1-5H;;;. The molecular weight excluding hydrogens is 148 g/mol. The zero-order chi connectivity index (χ0) is 5.82. The fourth-order valence-corrected chi connectivity index (χ4v) is 0.575. The van der Waals surface area contributed by atoms with Crippen molar-refractivity contribution in [2.75, 3.05) is 0 Å². The van der Waals surface area contributed by atoms with Gasteiger partial charge in [0.2, 0.25) is 0 Å². The fourth-order valence-electron chi connectivity index (χ4n) is 0.472. The van der Waals surface area contributed by atoms with Crippen molar-refractivity contribution in [3.63, 3.8) is 0 Å². The van der Waals surface area contributed by atoms with E-state index in [2.05, 4.69) is 4.29 Å². The molecule has 1 rings (SSSR count). The lowest BCUT2D eigenvalue weighted by atomic mass is 10.3. The largest absolute Gasteiger partial charge is 0.386 e. The third kappa shape index (κ3) is 2.94. The molecule has 1 aromatic carbocycles. The molecule has 0 atom stereocenters. The Morgan fingerprint density at radius 2 is 1.67 bits per heavy atom. The van der Waals surface area contributed by atoms with Gasteiger partial charge in [-0.05, 0) is 12.1 Å². The Bertz CT molecular complexity index is 154. The lowest BCUT2D eigenvalue weighted by Crippen LogP contribution is -1.69. The van der Waals surface area contributed by atoms with Crippen LogP contribution in [0.1, 0.15) is 0 Å².